The van der Waals surface area contributed by atoms with E-state index in [-0.39, 0.29) is 18.3 Å². The second kappa shape index (κ2) is 8.23. The Bertz CT molecular complexity index is 655. The maximum Gasteiger partial charge on any atom is 0.228 e. The third-order valence-electron chi connectivity index (χ3n) is 4.38. The van der Waals surface area contributed by atoms with Crippen molar-refractivity contribution >= 4 is 18.3 Å². The van der Waals surface area contributed by atoms with Crippen LogP contribution < -0.4 is 11.1 Å². The predicted molar refractivity (Wildman–Crippen MR) is 92.0 cm³/mol. The van der Waals surface area contributed by atoms with Gasteiger partial charge in [-0.05, 0) is 25.0 Å². The summed E-state index contributed by atoms with van der Waals surface area (Å²) in [6.07, 6.45) is 2.95. The molecule has 1 fully saturated rings. The molecule has 0 spiro atoms. The number of ether oxygens (including phenoxy) is 1. The number of hydrogen-bond acceptors (Lipinski definition) is 5. The lowest BCUT2D eigenvalue weighted by molar-refractivity contribution is -0.136. The fourth-order valence-corrected chi connectivity index (χ4v) is 2.82. The molecular weight excluding hydrogens is 330 g/mol. The predicted octanol–water partition coefficient (Wildman–Crippen LogP) is 1.06. The minimum atomic E-state index is -0.532. The topological polar surface area (TPSA) is 95.1 Å². The van der Waals surface area contributed by atoms with E-state index in [9.17, 15) is 4.79 Å². The molecular formula is C16H22ClN5O2. The Morgan fingerprint density at radius 2 is 2.00 bits per heavy atom. The van der Waals surface area contributed by atoms with E-state index in [1.54, 1.807) is 6.33 Å². The Morgan fingerprint density at radius 3 is 2.67 bits per heavy atom. The van der Waals surface area contributed by atoms with E-state index in [2.05, 4.69) is 15.5 Å². The smallest absolute Gasteiger partial charge is 0.228 e. The van der Waals surface area contributed by atoms with E-state index in [1.165, 1.54) is 0 Å². The average Bonchev–Trinajstić information content (AvgIpc) is 3.09. The van der Waals surface area contributed by atoms with Crippen LogP contribution in [0, 0.1) is 5.41 Å². The molecule has 1 aliphatic heterocycles. The molecule has 1 saturated heterocycles. The Kier molecular flexibility index (Phi) is 6.30. The van der Waals surface area contributed by atoms with Gasteiger partial charge in [0.1, 0.15) is 6.33 Å². The number of nitrogens with one attached hydrogen (secondary N) is 1. The summed E-state index contributed by atoms with van der Waals surface area (Å²) in [5, 5.41) is 11.0. The molecule has 2 heterocycles. The van der Waals surface area contributed by atoms with E-state index in [1.807, 2.05) is 34.9 Å². The molecule has 0 saturated carbocycles. The number of nitrogens with zero attached hydrogens (tertiary/aromatic N) is 3. The molecule has 0 radical (unpaired) electrons. The first-order chi connectivity index (χ1) is 11.2. The number of para-hydroxylation sites is 1. The average molecular weight is 352 g/mol. The summed E-state index contributed by atoms with van der Waals surface area (Å²) in [6, 6.07) is 9.78. The molecule has 8 heteroatoms. The van der Waals surface area contributed by atoms with Gasteiger partial charge in [0.25, 0.3) is 0 Å². The number of hydrogen-bond donors (Lipinski definition) is 2. The molecule has 0 atom stereocenters. The molecule has 7 nitrogen and oxygen atoms in total. The van der Waals surface area contributed by atoms with E-state index in [4.69, 9.17) is 10.5 Å². The number of nitrogens with two attached hydrogens (primary N) is 1. The molecule has 1 aliphatic rings. The van der Waals surface area contributed by atoms with Crippen molar-refractivity contribution in [1.82, 2.24) is 20.1 Å². The van der Waals surface area contributed by atoms with Gasteiger partial charge < -0.3 is 15.8 Å². The number of carbonyl (C=O) groups is 1. The summed E-state index contributed by atoms with van der Waals surface area (Å²) >= 11 is 0. The number of benzene rings is 1. The standard InChI is InChI=1S/C16H21N5O2.ClH/c17-11-16(6-8-23-9-7-16)15(22)18-10-14-20-19-12-21(14)13-4-2-1-3-5-13;/h1-5,12H,6-11,17H2,(H,18,22);1H. The van der Waals surface area contributed by atoms with Crippen molar-refractivity contribution in [1.29, 1.82) is 0 Å². The lowest BCUT2D eigenvalue weighted by Crippen LogP contribution is -2.49. The van der Waals surface area contributed by atoms with Crippen LogP contribution in [0.4, 0.5) is 0 Å². The van der Waals surface area contributed by atoms with Gasteiger partial charge in [-0.15, -0.1) is 22.6 Å². The maximum atomic E-state index is 12.6. The van der Waals surface area contributed by atoms with Gasteiger partial charge in [0.2, 0.25) is 5.91 Å². The van der Waals surface area contributed by atoms with Crippen LogP contribution >= 0.6 is 12.4 Å². The fraction of sp³-hybridized carbons (Fsp3) is 0.438. The van der Waals surface area contributed by atoms with Crippen molar-refractivity contribution in [3.8, 4) is 5.69 Å². The van der Waals surface area contributed by atoms with Crippen molar-refractivity contribution in [2.45, 2.75) is 19.4 Å². The summed E-state index contributed by atoms with van der Waals surface area (Å²) in [4.78, 5) is 12.6. The highest BCUT2D eigenvalue weighted by Gasteiger charge is 2.38. The molecule has 130 valence electrons. The van der Waals surface area contributed by atoms with Crippen LogP contribution in [0.1, 0.15) is 18.7 Å². The first-order valence-corrected chi connectivity index (χ1v) is 7.76. The van der Waals surface area contributed by atoms with Crippen LogP contribution in [0.15, 0.2) is 36.7 Å². The highest BCUT2D eigenvalue weighted by molar-refractivity contribution is 5.85. The van der Waals surface area contributed by atoms with E-state index >= 15 is 0 Å². The summed E-state index contributed by atoms with van der Waals surface area (Å²) < 4.78 is 7.20. The molecule has 1 aromatic carbocycles. The summed E-state index contributed by atoms with van der Waals surface area (Å²) in [6.45, 7) is 1.79. The van der Waals surface area contributed by atoms with E-state index in [0.29, 0.717) is 45.0 Å². The van der Waals surface area contributed by atoms with Crippen molar-refractivity contribution in [2.75, 3.05) is 19.8 Å². The first kappa shape index (κ1) is 18.4. The van der Waals surface area contributed by atoms with Gasteiger partial charge in [0.15, 0.2) is 5.82 Å². The Hall–Kier alpha value is -1.96. The normalized spacial score (nSPS) is 16.2. The second-order valence-corrected chi connectivity index (χ2v) is 5.73. The minimum Gasteiger partial charge on any atom is -0.381 e. The zero-order valence-electron chi connectivity index (χ0n) is 13.4. The van der Waals surface area contributed by atoms with E-state index < -0.39 is 5.41 Å². The van der Waals surface area contributed by atoms with Crippen LogP contribution in [0.25, 0.3) is 5.69 Å². The minimum absolute atomic E-state index is 0. The highest BCUT2D eigenvalue weighted by Crippen LogP contribution is 2.29. The first-order valence-electron chi connectivity index (χ1n) is 7.76. The van der Waals surface area contributed by atoms with Crippen LogP contribution in [-0.2, 0) is 16.1 Å². The van der Waals surface area contributed by atoms with Crippen molar-refractivity contribution < 1.29 is 9.53 Å². The molecule has 0 aliphatic carbocycles. The van der Waals surface area contributed by atoms with Gasteiger partial charge in [-0.25, -0.2) is 0 Å². The Balaban J connectivity index is 0.00000208. The third kappa shape index (κ3) is 3.75. The number of amides is 1. The fourth-order valence-electron chi connectivity index (χ4n) is 2.82. The molecule has 3 rings (SSSR count). The van der Waals surface area contributed by atoms with Gasteiger partial charge in [-0.1, -0.05) is 18.2 Å². The SMILES string of the molecule is Cl.NCC1(C(=O)NCc2nncn2-c2ccccc2)CCOCC1. The number of carbonyl (C=O) groups excluding carboxylic acids is 1. The number of rotatable bonds is 5. The number of aromatic nitrogens is 3. The van der Waals surface area contributed by atoms with Crippen molar-refractivity contribution in [2.24, 2.45) is 11.1 Å². The molecule has 24 heavy (non-hydrogen) atoms. The summed E-state index contributed by atoms with van der Waals surface area (Å²) in [5.74, 6) is 0.648. The van der Waals surface area contributed by atoms with Gasteiger partial charge in [0, 0.05) is 25.4 Å². The maximum absolute atomic E-state index is 12.6. The van der Waals surface area contributed by atoms with Crippen LogP contribution in [-0.4, -0.2) is 40.4 Å². The lowest BCUT2D eigenvalue weighted by atomic mass is 9.79. The molecule has 1 aromatic heterocycles. The molecule has 1 amide bonds. The van der Waals surface area contributed by atoms with Crippen LogP contribution in [0.5, 0.6) is 0 Å². The summed E-state index contributed by atoms with van der Waals surface area (Å²) in [5.41, 5.74) is 6.29. The van der Waals surface area contributed by atoms with E-state index in [0.717, 1.165) is 5.69 Å². The molecule has 3 N–H and O–H groups in total. The van der Waals surface area contributed by atoms with Gasteiger partial charge in [0.05, 0.1) is 12.0 Å². The Morgan fingerprint density at radius 1 is 1.29 bits per heavy atom. The quantitative estimate of drug-likeness (QED) is 0.839. The van der Waals surface area contributed by atoms with Gasteiger partial charge in [-0.2, -0.15) is 0 Å². The lowest BCUT2D eigenvalue weighted by Gasteiger charge is -2.34. The van der Waals surface area contributed by atoms with Crippen molar-refractivity contribution in [3.05, 3.63) is 42.5 Å². The number of halogens is 1. The Labute approximate surface area is 147 Å². The second-order valence-electron chi connectivity index (χ2n) is 5.73. The third-order valence-corrected chi connectivity index (χ3v) is 4.38. The highest BCUT2D eigenvalue weighted by atomic mass is 35.5. The zero-order valence-corrected chi connectivity index (χ0v) is 14.2. The monoisotopic (exact) mass is 351 g/mol. The molecule has 2 aromatic rings. The molecule has 0 unspecified atom stereocenters. The van der Waals surface area contributed by atoms with Crippen LogP contribution in [0.2, 0.25) is 0 Å². The molecule has 0 bridgehead atoms. The largest absolute Gasteiger partial charge is 0.381 e. The van der Waals surface area contributed by atoms with Gasteiger partial charge >= 0.3 is 0 Å². The van der Waals surface area contributed by atoms with Crippen LogP contribution in [0.3, 0.4) is 0 Å². The van der Waals surface area contributed by atoms with Crippen molar-refractivity contribution in [3.63, 3.8) is 0 Å². The van der Waals surface area contributed by atoms with Gasteiger partial charge in [-0.3, -0.25) is 9.36 Å². The zero-order chi connectivity index (χ0) is 16.1. The summed E-state index contributed by atoms with van der Waals surface area (Å²) in [7, 11) is 0.